The monoisotopic (exact) mass is 240 g/mol. The highest BCUT2D eigenvalue weighted by Crippen LogP contribution is 2.19. The molecular weight excluding hydrogens is 236 g/mol. The molecule has 5 heteroatoms. The van der Waals surface area contributed by atoms with Crippen molar-refractivity contribution in [2.24, 2.45) is 5.16 Å². The van der Waals surface area contributed by atoms with E-state index in [1.165, 1.54) is 6.21 Å². The summed E-state index contributed by atoms with van der Waals surface area (Å²) in [6.45, 7) is 0. The van der Waals surface area contributed by atoms with Crippen LogP contribution in [0.3, 0.4) is 0 Å². The van der Waals surface area contributed by atoms with Gasteiger partial charge in [-0.15, -0.1) is 0 Å². The average Bonchev–Trinajstić information content (AvgIpc) is 2.46. The first-order chi connectivity index (χ1) is 6.29. The highest BCUT2D eigenvalue weighted by Gasteiger charge is 2.02. The molecule has 0 aliphatic heterocycles. The lowest BCUT2D eigenvalue weighted by Gasteiger charge is -1.87. The molecule has 0 saturated carbocycles. The van der Waals surface area contributed by atoms with E-state index in [-0.39, 0.29) is 0 Å². The van der Waals surface area contributed by atoms with Crippen LogP contribution in [0.5, 0.6) is 0 Å². The number of halogens is 1. The smallest absolute Gasteiger partial charge is 0.154 e. The van der Waals surface area contributed by atoms with E-state index in [1.807, 2.05) is 0 Å². The molecule has 0 aliphatic rings. The molecule has 0 amide bonds. The molecule has 0 spiro atoms. The Balaban J connectivity index is 2.62. The van der Waals surface area contributed by atoms with Crippen molar-refractivity contribution < 1.29 is 9.62 Å². The molecular formula is C8H5BrN2O2. The van der Waals surface area contributed by atoms with Crippen LogP contribution in [0, 0.1) is 0 Å². The standard InChI is InChI=1S/C8H5BrN2O2/c9-5-1-8-7(10-3-5)2-6(13-8)4-11-12/h1-4,12H/b11-4-. The lowest BCUT2D eigenvalue weighted by Crippen LogP contribution is -1.71. The molecule has 0 saturated heterocycles. The number of hydrogen-bond donors (Lipinski definition) is 1. The van der Waals surface area contributed by atoms with Crippen LogP contribution >= 0.6 is 15.9 Å². The Morgan fingerprint density at radius 2 is 2.38 bits per heavy atom. The van der Waals surface area contributed by atoms with Gasteiger partial charge in [-0.05, 0) is 22.0 Å². The zero-order valence-electron chi connectivity index (χ0n) is 6.44. The van der Waals surface area contributed by atoms with Crippen LogP contribution in [0.4, 0.5) is 0 Å². The number of hydrogen-bond acceptors (Lipinski definition) is 4. The fraction of sp³-hybridized carbons (Fsp3) is 0. The van der Waals surface area contributed by atoms with E-state index >= 15 is 0 Å². The minimum absolute atomic E-state index is 0.475. The molecule has 1 N–H and O–H groups in total. The lowest BCUT2D eigenvalue weighted by molar-refractivity contribution is 0.321. The molecule has 0 atom stereocenters. The number of fused-ring (bicyclic) bond motifs is 1. The third-order valence-electron chi connectivity index (χ3n) is 1.54. The van der Waals surface area contributed by atoms with E-state index in [0.29, 0.717) is 11.3 Å². The molecule has 2 aromatic rings. The molecule has 0 aromatic carbocycles. The van der Waals surface area contributed by atoms with Crippen LogP contribution in [0.25, 0.3) is 11.1 Å². The quantitative estimate of drug-likeness (QED) is 0.473. The van der Waals surface area contributed by atoms with E-state index in [1.54, 1.807) is 18.3 Å². The highest BCUT2D eigenvalue weighted by atomic mass is 79.9. The highest BCUT2D eigenvalue weighted by molar-refractivity contribution is 9.10. The van der Waals surface area contributed by atoms with Gasteiger partial charge in [-0.1, -0.05) is 5.16 Å². The zero-order valence-corrected chi connectivity index (χ0v) is 8.02. The van der Waals surface area contributed by atoms with Gasteiger partial charge >= 0.3 is 0 Å². The Bertz CT molecular complexity index is 464. The van der Waals surface area contributed by atoms with Crippen LogP contribution in [0.1, 0.15) is 5.76 Å². The van der Waals surface area contributed by atoms with Gasteiger partial charge in [0.2, 0.25) is 0 Å². The van der Waals surface area contributed by atoms with Crippen LogP contribution in [0.15, 0.2) is 32.4 Å². The van der Waals surface area contributed by atoms with E-state index in [2.05, 4.69) is 26.1 Å². The maximum atomic E-state index is 8.28. The number of nitrogens with zero attached hydrogens (tertiary/aromatic N) is 2. The molecule has 4 nitrogen and oxygen atoms in total. The lowest BCUT2D eigenvalue weighted by atomic mass is 10.4. The summed E-state index contributed by atoms with van der Waals surface area (Å²) in [5.41, 5.74) is 1.39. The minimum atomic E-state index is 0.475. The molecule has 66 valence electrons. The molecule has 2 aromatic heterocycles. The largest absolute Gasteiger partial charge is 0.453 e. The van der Waals surface area contributed by atoms with Crippen LogP contribution in [0.2, 0.25) is 0 Å². The van der Waals surface area contributed by atoms with Crippen molar-refractivity contribution in [3.05, 3.63) is 28.6 Å². The SMILES string of the molecule is O/N=C\c1cc2ncc(Br)cc2o1. The Hall–Kier alpha value is -1.36. The molecule has 0 bridgehead atoms. The zero-order chi connectivity index (χ0) is 9.26. The second-order valence-electron chi connectivity index (χ2n) is 2.43. The topological polar surface area (TPSA) is 58.6 Å². The van der Waals surface area contributed by atoms with Crippen LogP contribution in [-0.2, 0) is 0 Å². The molecule has 0 fully saturated rings. The molecule has 0 radical (unpaired) electrons. The summed E-state index contributed by atoms with van der Waals surface area (Å²) in [6.07, 6.45) is 2.90. The summed E-state index contributed by atoms with van der Waals surface area (Å²) in [6, 6.07) is 3.50. The maximum absolute atomic E-state index is 8.28. The number of oxime groups is 1. The van der Waals surface area contributed by atoms with Gasteiger partial charge < -0.3 is 9.62 Å². The van der Waals surface area contributed by atoms with E-state index in [0.717, 1.165) is 9.99 Å². The molecule has 0 aliphatic carbocycles. The summed E-state index contributed by atoms with van der Waals surface area (Å²) in [4.78, 5) is 4.10. The van der Waals surface area contributed by atoms with Gasteiger partial charge in [0.15, 0.2) is 11.3 Å². The second-order valence-corrected chi connectivity index (χ2v) is 3.35. The molecule has 0 unspecified atom stereocenters. The van der Waals surface area contributed by atoms with Gasteiger partial charge in [-0.25, -0.2) is 0 Å². The Kier molecular flexibility index (Phi) is 2.02. The fourth-order valence-corrected chi connectivity index (χ4v) is 1.34. The van der Waals surface area contributed by atoms with E-state index < -0.39 is 0 Å². The van der Waals surface area contributed by atoms with Crippen molar-refractivity contribution in [1.29, 1.82) is 0 Å². The van der Waals surface area contributed by atoms with Crippen molar-refractivity contribution >= 4 is 33.2 Å². The Labute approximate surface area is 82.0 Å². The van der Waals surface area contributed by atoms with Crippen molar-refractivity contribution in [3.63, 3.8) is 0 Å². The third-order valence-corrected chi connectivity index (χ3v) is 1.97. The predicted molar refractivity (Wildman–Crippen MR) is 51.1 cm³/mol. The third kappa shape index (κ3) is 1.55. The van der Waals surface area contributed by atoms with Crippen molar-refractivity contribution in [1.82, 2.24) is 4.98 Å². The Morgan fingerprint density at radius 3 is 3.15 bits per heavy atom. The van der Waals surface area contributed by atoms with Crippen molar-refractivity contribution in [3.8, 4) is 0 Å². The summed E-state index contributed by atoms with van der Waals surface area (Å²) >= 11 is 3.28. The van der Waals surface area contributed by atoms with Gasteiger partial charge in [-0.3, -0.25) is 4.98 Å². The minimum Gasteiger partial charge on any atom is -0.453 e. The normalized spacial score (nSPS) is 11.5. The average molecular weight is 241 g/mol. The number of pyridine rings is 1. The summed E-state index contributed by atoms with van der Waals surface area (Å²) < 4.78 is 6.14. The van der Waals surface area contributed by atoms with Gasteiger partial charge in [0.25, 0.3) is 0 Å². The first-order valence-electron chi connectivity index (χ1n) is 3.52. The molecule has 2 rings (SSSR count). The number of rotatable bonds is 1. The summed E-state index contributed by atoms with van der Waals surface area (Å²) in [7, 11) is 0. The van der Waals surface area contributed by atoms with E-state index in [4.69, 9.17) is 9.62 Å². The fourth-order valence-electron chi connectivity index (χ4n) is 1.03. The number of furan rings is 1. The van der Waals surface area contributed by atoms with Gasteiger partial charge in [0.05, 0.1) is 0 Å². The Morgan fingerprint density at radius 1 is 1.54 bits per heavy atom. The molecule has 2 heterocycles. The predicted octanol–water partition coefficient (Wildman–Crippen LogP) is 2.40. The first-order valence-corrected chi connectivity index (χ1v) is 4.31. The van der Waals surface area contributed by atoms with Crippen LogP contribution < -0.4 is 0 Å². The molecule has 13 heavy (non-hydrogen) atoms. The second kappa shape index (κ2) is 3.18. The van der Waals surface area contributed by atoms with Crippen molar-refractivity contribution in [2.45, 2.75) is 0 Å². The van der Waals surface area contributed by atoms with Gasteiger partial charge in [0.1, 0.15) is 11.7 Å². The summed E-state index contributed by atoms with van der Waals surface area (Å²) in [5.74, 6) is 0.475. The van der Waals surface area contributed by atoms with E-state index in [9.17, 15) is 0 Å². The van der Waals surface area contributed by atoms with Crippen molar-refractivity contribution in [2.75, 3.05) is 0 Å². The number of aromatic nitrogens is 1. The van der Waals surface area contributed by atoms with Gasteiger partial charge in [-0.2, -0.15) is 0 Å². The summed E-state index contributed by atoms with van der Waals surface area (Å²) in [5, 5.41) is 11.1. The first kappa shape index (κ1) is 8.25. The van der Waals surface area contributed by atoms with Crippen LogP contribution in [-0.4, -0.2) is 16.4 Å². The van der Waals surface area contributed by atoms with Gasteiger partial charge in [0, 0.05) is 16.7 Å². The maximum Gasteiger partial charge on any atom is 0.154 e.